The molecule has 0 spiro atoms. The number of H-pyrrole nitrogens is 1. The van der Waals surface area contributed by atoms with Crippen molar-refractivity contribution in [1.29, 1.82) is 0 Å². The van der Waals surface area contributed by atoms with Gasteiger partial charge in [0, 0.05) is 29.9 Å². The molecule has 3 rings (SSSR count). The van der Waals surface area contributed by atoms with E-state index in [1.54, 1.807) is 0 Å². The third-order valence-corrected chi connectivity index (χ3v) is 3.68. The van der Waals surface area contributed by atoms with Gasteiger partial charge >= 0.3 is 0 Å². The van der Waals surface area contributed by atoms with Crippen molar-refractivity contribution in [2.75, 3.05) is 18.1 Å². The van der Waals surface area contributed by atoms with Gasteiger partial charge in [0.15, 0.2) is 0 Å². The minimum atomic E-state index is -0.0856. The van der Waals surface area contributed by atoms with Crippen LogP contribution in [0.1, 0.15) is 5.56 Å². The number of nitrogens with zero attached hydrogens (tertiary/aromatic N) is 1. The average Bonchev–Trinajstić information content (AvgIpc) is 2.56. The largest absolute Gasteiger partial charge is 0.395 e. The molecule has 22 heavy (non-hydrogen) atoms. The third kappa shape index (κ3) is 3.02. The lowest BCUT2D eigenvalue weighted by molar-refractivity contribution is 0.301. The molecule has 0 unspecified atom stereocenters. The second kappa shape index (κ2) is 6.45. The molecule has 0 amide bonds. The Hall–Kier alpha value is -2.59. The van der Waals surface area contributed by atoms with E-state index in [0.717, 1.165) is 16.6 Å². The van der Waals surface area contributed by atoms with Gasteiger partial charge in [0.25, 0.3) is 5.56 Å². The van der Waals surface area contributed by atoms with Gasteiger partial charge in [0.1, 0.15) is 0 Å². The number of rotatable bonds is 5. The molecule has 0 atom stereocenters. The van der Waals surface area contributed by atoms with Gasteiger partial charge in [0.2, 0.25) is 0 Å². The summed E-state index contributed by atoms with van der Waals surface area (Å²) in [5.74, 6) is 0. The fourth-order valence-electron chi connectivity index (χ4n) is 2.57. The Morgan fingerprint density at radius 2 is 1.73 bits per heavy atom. The topological polar surface area (TPSA) is 56.3 Å². The minimum Gasteiger partial charge on any atom is -0.395 e. The summed E-state index contributed by atoms with van der Waals surface area (Å²) in [7, 11) is 0. The van der Waals surface area contributed by atoms with Gasteiger partial charge in [-0.15, -0.1) is 0 Å². The first-order valence-electron chi connectivity index (χ1n) is 7.30. The summed E-state index contributed by atoms with van der Waals surface area (Å²) in [6, 6.07) is 19.4. The molecule has 1 heterocycles. The van der Waals surface area contributed by atoms with Crippen LogP contribution >= 0.6 is 0 Å². The van der Waals surface area contributed by atoms with Crippen LogP contribution in [0.4, 0.5) is 5.69 Å². The molecule has 112 valence electrons. The molecule has 2 aromatic carbocycles. The molecule has 0 fully saturated rings. The lowest BCUT2D eigenvalue weighted by Gasteiger charge is -2.23. The quantitative estimate of drug-likeness (QED) is 0.760. The van der Waals surface area contributed by atoms with Crippen molar-refractivity contribution in [3.05, 3.63) is 76.6 Å². The van der Waals surface area contributed by atoms with Gasteiger partial charge < -0.3 is 15.0 Å². The molecular weight excluding hydrogens is 276 g/mol. The number of para-hydroxylation sites is 2. The Balaban J connectivity index is 1.96. The van der Waals surface area contributed by atoms with Crippen LogP contribution in [0.3, 0.4) is 0 Å². The standard InChI is InChI=1S/C18H18N2O2/c21-11-10-20(16-7-2-1-3-8-16)13-15-12-14-6-4-5-9-17(14)19-18(15)22/h1-9,12,21H,10-11,13H2,(H,19,22). The van der Waals surface area contributed by atoms with Gasteiger partial charge in [-0.3, -0.25) is 4.79 Å². The zero-order valence-corrected chi connectivity index (χ0v) is 12.2. The molecule has 0 saturated carbocycles. The Morgan fingerprint density at radius 1 is 1.00 bits per heavy atom. The highest BCUT2D eigenvalue weighted by Gasteiger charge is 2.10. The summed E-state index contributed by atoms with van der Waals surface area (Å²) in [5, 5.41) is 10.3. The molecular formula is C18H18N2O2. The van der Waals surface area contributed by atoms with Crippen molar-refractivity contribution in [2.45, 2.75) is 6.54 Å². The van der Waals surface area contributed by atoms with Crippen molar-refractivity contribution in [2.24, 2.45) is 0 Å². The van der Waals surface area contributed by atoms with E-state index >= 15 is 0 Å². The van der Waals surface area contributed by atoms with E-state index < -0.39 is 0 Å². The number of pyridine rings is 1. The fourth-order valence-corrected chi connectivity index (χ4v) is 2.57. The number of benzene rings is 2. The zero-order chi connectivity index (χ0) is 15.4. The first-order valence-corrected chi connectivity index (χ1v) is 7.30. The first-order chi connectivity index (χ1) is 10.8. The molecule has 0 saturated heterocycles. The smallest absolute Gasteiger partial charge is 0.253 e. The number of aromatic nitrogens is 1. The van der Waals surface area contributed by atoms with E-state index in [1.165, 1.54) is 0 Å². The summed E-state index contributed by atoms with van der Waals surface area (Å²) < 4.78 is 0. The number of anilines is 1. The van der Waals surface area contributed by atoms with Crippen molar-refractivity contribution in [3.63, 3.8) is 0 Å². The molecule has 0 aliphatic heterocycles. The summed E-state index contributed by atoms with van der Waals surface area (Å²) in [6.07, 6.45) is 0. The van der Waals surface area contributed by atoms with Crippen molar-refractivity contribution in [3.8, 4) is 0 Å². The second-order valence-corrected chi connectivity index (χ2v) is 5.19. The van der Waals surface area contributed by atoms with Gasteiger partial charge in [-0.1, -0.05) is 36.4 Å². The maximum Gasteiger partial charge on any atom is 0.253 e. The van der Waals surface area contributed by atoms with E-state index in [1.807, 2.05) is 65.6 Å². The molecule has 2 N–H and O–H groups in total. The van der Waals surface area contributed by atoms with Crippen molar-refractivity contribution in [1.82, 2.24) is 4.98 Å². The number of aliphatic hydroxyl groups is 1. The highest BCUT2D eigenvalue weighted by atomic mass is 16.3. The van der Waals surface area contributed by atoms with E-state index in [0.29, 0.717) is 18.7 Å². The normalized spacial score (nSPS) is 10.8. The van der Waals surface area contributed by atoms with Crippen LogP contribution < -0.4 is 10.5 Å². The van der Waals surface area contributed by atoms with E-state index in [2.05, 4.69) is 4.98 Å². The van der Waals surface area contributed by atoms with Crippen LogP contribution in [0.5, 0.6) is 0 Å². The van der Waals surface area contributed by atoms with Crippen LogP contribution in [0.25, 0.3) is 10.9 Å². The lowest BCUT2D eigenvalue weighted by Crippen LogP contribution is -2.29. The number of aliphatic hydroxyl groups excluding tert-OH is 1. The maximum atomic E-state index is 12.3. The fraction of sp³-hybridized carbons (Fsp3) is 0.167. The SMILES string of the molecule is O=c1[nH]c2ccccc2cc1CN(CCO)c1ccccc1. The summed E-state index contributed by atoms with van der Waals surface area (Å²) >= 11 is 0. The molecule has 0 aliphatic rings. The van der Waals surface area contributed by atoms with Crippen LogP contribution in [0, 0.1) is 0 Å². The van der Waals surface area contributed by atoms with E-state index in [-0.39, 0.29) is 12.2 Å². The Kier molecular flexibility index (Phi) is 4.21. The van der Waals surface area contributed by atoms with Gasteiger partial charge in [0.05, 0.1) is 6.61 Å². The number of hydrogen-bond donors (Lipinski definition) is 2. The monoisotopic (exact) mass is 294 g/mol. The lowest BCUT2D eigenvalue weighted by atomic mass is 10.1. The van der Waals surface area contributed by atoms with Gasteiger partial charge in [-0.2, -0.15) is 0 Å². The molecule has 0 bridgehead atoms. The van der Waals surface area contributed by atoms with Crippen LogP contribution in [0.2, 0.25) is 0 Å². The molecule has 1 aromatic heterocycles. The van der Waals surface area contributed by atoms with Crippen LogP contribution in [-0.2, 0) is 6.54 Å². The summed E-state index contributed by atoms with van der Waals surface area (Å²) in [6.45, 7) is 0.988. The molecule has 3 aromatic rings. The Labute approximate surface area is 128 Å². The summed E-state index contributed by atoms with van der Waals surface area (Å²) in [4.78, 5) is 17.2. The molecule has 4 nitrogen and oxygen atoms in total. The highest BCUT2D eigenvalue weighted by Crippen LogP contribution is 2.17. The number of fused-ring (bicyclic) bond motifs is 1. The van der Waals surface area contributed by atoms with Crippen molar-refractivity contribution >= 4 is 16.6 Å². The second-order valence-electron chi connectivity index (χ2n) is 5.19. The molecule has 0 radical (unpaired) electrons. The Morgan fingerprint density at radius 3 is 2.50 bits per heavy atom. The average molecular weight is 294 g/mol. The highest BCUT2D eigenvalue weighted by molar-refractivity contribution is 5.78. The predicted molar refractivity (Wildman–Crippen MR) is 89.1 cm³/mol. The zero-order valence-electron chi connectivity index (χ0n) is 12.2. The van der Waals surface area contributed by atoms with Gasteiger partial charge in [-0.05, 0) is 29.7 Å². The number of hydrogen-bond acceptors (Lipinski definition) is 3. The minimum absolute atomic E-state index is 0.0420. The molecule has 4 heteroatoms. The van der Waals surface area contributed by atoms with Crippen LogP contribution in [0.15, 0.2) is 65.5 Å². The Bertz CT molecular complexity index is 812. The van der Waals surface area contributed by atoms with Gasteiger partial charge in [-0.25, -0.2) is 0 Å². The number of nitrogens with one attached hydrogen (secondary N) is 1. The predicted octanol–water partition coefficient (Wildman–Crippen LogP) is 2.53. The van der Waals surface area contributed by atoms with Crippen LogP contribution in [-0.4, -0.2) is 23.2 Å². The maximum absolute atomic E-state index is 12.3. The van der Waals surface area contributed by atoms with Crippen molar-refractivity contribution < 1.29 is 5.11 Å². The van der Waals surface area contributed by atoms with E-state index in [9.17, 15) is 9.90 Å². The molecule has 0 aliphatic carbocycles. The first kappa shape index (κ1) is 14.4. The third-order valence-electron chi connectivity index (χ3n) is 3.68. The van der Waals surface area contributed by atoms with E-state index in [4.69, 9.17) is 0 Å². The summed E-state index contributed by atoms with van der Waals surface area (Å²) in [5.41, 5.74) is 2.43. The number of aromatic amines is 1.